The van der Waals surface area contributed by atoms with Gasteiger partial charge in [-0.15, -0.1) is 22.7 Å². The number of hydrogen-bond donors (Lipinski definition) is 1. The van der Waals surface area contributed by atoms with Crippen molar-refractivity contribution in [2.45, 2.75) is 19.6 Å². The van der Waals surface area contributed by atoms with Gasteiger partial charge in [0.2, 0.25) is 4.77 Å². The summed E-state index contributed by atoms with van der Waals surface area (Å²) in [6, 6.07) is 12.5. The Hall–Kier alpha value is -1.87. The molecule has 3 aromatic heterocycles. The number of fused-ring (bicyclic) bond motifs is 1. The maximum Gasteiger partial charge on any atom is 0.217 e. The van der Waals surface area contributed by atoms with E-state index in [4.69, 9.17) is 17.2 Å². The number of nitrogens with one attached hydrogen (secondary N) is 1. The number of nitrogens with zero attached hydrogens (tertiary/aromatic N) is 4. The van der Waals surface area contributed by atoms with Gasteiger partial charge in [0.1, 0.15) is 5.01 Å². The van der Waals surface area contributed by atoms with Crippen molar-refractivity contribution in [1.82, 2.24) is 24.6 Å². The molecule has 0 aliphatic carbocycles. The second-order valence-corrected chi connectivity index (χ2v) is 8.23. The van der Waals surface area contributed by atoms with Crippen LogP contribution >= 0.6 is 34.9 Å². The number of rotatable bonds is 5. The topological polar surface area (TPSA) is 49.7 Å². The maximum atomic E-state index is 5.41. The molecule has 1 atom stereocenters. The molecule has 0 amide bonds. The first-order valence-corrected chi connectivity index (χ1v) is 9.98. The van der Waals surface area contributed by atoms with E-state index >= 15 is 0 Å². The van der Waals surface area contributed by atoms with E-state index in [0.717, 1.165) is 21.2 Å². The number of H-pyrrole nitrogens is 1. The predicted octanol–water partition coefficient (Wildman–Crippen LogP) is 4.93. The lowest BCUT2D eigenvalue weighted by atomic mass is 10.3. The Kier molecular flexibility index (Phi) is 4.51. The van der Waals surface area contributed by atoms with Crippen molar-refractivity contribution < 1.29 is 0 Å². The van der Waals surface area contributed by atoms with Gasteiger partial charge in [-0.05, 0) is 49.8 Å². The third kappa shape index (κ3) is 3.30. The zero-order valence-electron chi connectivity index (χ0n) is 13.8. The Morgan fingerprint density at radius 2 is 2.08 bits per heavy atom. The molecular weight excluding hydrogens is 370 g/mol. The first kappa shape index (κ1) is 16.6. The minimum Gasteiger partial charge on any atom is -0.278 e. The average Bonchev–Trinajstić information content (AvgIpc) is 3.33. The first-order chi connectivity index (χ1) is 12.1. The van der Waals surface area contributed by atoms with Gasteiger partial charge in [0, 0.05) is 0 Å². The normalized spacial score (nSPS) is 12.9. The fourth-order valence-corrected chi connectivity index (χ4v) is 4.52. The maximum absolute atomic E-state index is 5.41. The molecule has 0 aliphatic heterocycles. The van der Waals surface area contributed by atoms with Crippen molar-refractivity contribution in [1.29, 1.82) is 0 Å². The van der Waals surface area contributed by atoms with Crippen molar-refractivity contribution in [3.8, 4) is 10.7 Å². The van der Waals surface area contributed by atoms with E-state index in [9.17, 15) is 0 Å². The van der Waals surface area contributed by atoms with Gasteiger partial charge < -0.3 is 0 Å². The SMILES string of the molecule is C[C@@H](c1nc2ccccc2s1)N(C)Cn1[nH]c(-c2cccs2)nc1=S. The van der Waals surface area contributed by atoms with Crippen LogP contribution in [0.1, 0.15) is 18.0 Å². The van der Waals surface area contributed by atoms with Crippen LogP contribution in [-0.2, 0) is 6.67 Å². The highest BCUT2D eigenvalue weighted by atomic mass is 32.1. The van der Waals surface area contributed by atoms with Crippen LogP contribution in [0.4, 0.5) is 0 Å². The summed E-state index contributed by atoms with van der Waals surface area (Å²) in [6.45, 7) is 2.80. The zero-order valence-corrected chi connectivity index (χ0v) is 16.3. The van der Waals surface area contributed by atoms with Crippen molar-refractivity contribution in [2.75, 3.05) is 7.05 Å². The molecule has 3 heterocycles. The summed E-state index contributed by atoms with van der Waals surface area (Å²) >= 11 is 8.79. The molecule has 4 aromatic rings. The van der Waals surface area contributed by atoms with E-state index in [1.807, 2.05) is 28.3 Å². The lowest BCUT2D eigenvalue weighted by Crippen LogP contribution is -2.26. The third-order valence-corrected chi connectivity index (χ3v) is 6.52. The molecule has 1 aromatic carbocycles. The molecule has 0 unspecified atom stereocenters. The molecule has 4 rings (SSSR count). The summed E-state index contributed by atoms with van der Waals surface area (Å²) in [5.74, 6) is 0.820. The molecule has 25 heavy (non-hydrogen) atoms. The highest BCUT2D eigenvalue weighted by Gasteiger charge is 2.17. The fourth-order valence-electron chi connectivity index (χ4n) is 2.58. The number of thiophene rings is 1. The standard InChI is InChI=1S/C17H17N5S3/c1-11(16-18-12-6-3-4-7-13(12)25-16)21(2)10-22-17(23)19-15(20-22)14-8-5-9-24-14/h3-9,11H,10H2,1-2H3,(H,19,20,23)/t11-/m0/s1. The second kappa shape index (κ2) is 6.80. The van der Waals surface area contributed by atoms with E-state index in [1.54, 1.807) is 22.7 Å². The molecule has 0 radical (unpaired) electrons. The average molecular weight is 388 g/mol. The Morgan fingerprint density at radius 1 is 1.24 bits per heavy atom. The Bertz CT molecular complexity index is 1010. The summed E-state index contributed by atoms with van der Waals surface area (Å²) in [5, 5.41) is 6.44. The highest BCUT2D eigenvalue weighted by molar-refractivity contribution is 7.71. The van der Waals surface area contributed by atoms with E-state index < -0.39 is 0 Å². The highest BCUT2D eigenvalue weighted by Crippen LogP contribution is 2.29. The lowest BCUT2D eigenvalue weighted by molar-refractivity contribution is 0.195. The van der Waals surface area contributed by atoms with Gasteiger partial charge in [-0.3, -0.25) is 10.00 Å². The van der Waals surface area contributed by atoms with Gasteiger partial charge in [0.05, 0.1) is 27.8 Å². The number of thiazole rings is 1. The minimum absolute atomic E-state index is 0.188. The second-order valence-electron chi connectivity index (χ2n) is 5.85. The Morgan fingerprint density at radius 3 is 2.84 bits per heavy atom. The van der Waals surface area contributed by atoms with Gasteiger partial charge in [-0.25, -0.2) is 9.67 Å². The van der Waals surface area contributed by atoms with Crippen LogP contribution in [0.5, 0.6) is 0 Å². The molecule has 0 saturated carbocycles. The first-order valence-electron chi connectivity index (χ1n) is 7.88. The number of hydrogen-bond acceptors (Lipinski definition) is 6. The summed E-state index contributed by atoms with van der Waals surface area (Å²) in [4.78, 5) is 12.5. The Labute approximate surface area is 158 Å². The van der Waals surface area contributed by atoms with Crippen LogP contribution in [0.15, 0.2) is 41.8 Å². The molecule has 1 N–H and O–H groups in total. The Balaban J connectivity index is 1.55. The predicted molar refractivity (Wildman–Crippen MR) is 107 cm³/mol. The van der Waals surface area contributed by atoms with Crippen LogP contribution in [0.3, 0.4) is 0 Å². The van der Waals surface area contributed by atoms with Gasteiger partial charge in [-0.2, -0.15) is 4.98 Å². The number of aromatic amines is 1. The van der Waals surface area contributed by atoms with E-state index in [-0.39, 0.29) is 6.04 Å². The monoisotopic (exact) mass is 387 g/mol. The largest absolute Gasteiger partial charge is 0.278 e. The van der Waals surface area contributed by atoms with E-state index in [1.165, 1.54) is 4.70 Å². The van der Waals surface area contributed by atoms with Gasteiger partial charge in [-0.1, -0.05) is 18.2 Å². The van der Waals surface area contributed by atoms with Gasteiger partial charge >= 0.3 is 0 Å². The third-order valence-electron chi connectivity index (χ3n) is 4.13. The number of benzene rings is 1. The van der Waals surface area contributed by atoms with Gasteiger partial charge in [0.25, 0.3) is 0 Å². The minimum atomic E-state index is 0.188. The van der Waals surface area contributed by atoms with Crippen molar-refractivity contribution in [2.24, 2.45) is 0 Å². The molecule has 5 nitrogen and oxygen atoms in total. The zero-order chi connectivity index (χ0) is 17.4. The molecule has 0 fully saturated rings. The van der Waals surface area contributed by atoms with Crippen molar-refractivity contribution in [3.05, 3.63) is 51.6 Å². The van der Waals surface area contributed by atoms with Crippen LogP contribution in [0.25, 0.3) is 20.9 Å². The molecule has 0 saturated heterocycles. The van der Waals surface area contributed by atoms with Crippen LogP contribution in [-0.4, -0.2) is 31.7 Å². The fraction of sp³-hybridized carbons (Fsp3) is 0.235. The van der Waals surface area contributed by atoms with Crippen LogP contribution < -0.4 is 0 Å². The summed E-state index contributed by atoms with van der Waals surface area (Å²) in [7, 11) is 2.07. The van der Waals surface area contributed by atoms with Gasteiger partial charge in [0.15, 0.2) is 5.82 Å². The summed E-state index contributed by atoms with van der Waals surface area (Å²) < 4.78 is 3.68. The van der Waals surface area contributed by atoms with Crippen molar-refractivity contribution in [3.63, 3.8) is 0 Å². The number of aromatic nitrogens is 4. The molecule has 128 valence electrons. The molecule has 0 bridgehead atoms. The van der Waals surface area contributed by atoms with E-state index in [2.05, 4.69) is 47.2 Å². The quantitative estimate of drug-likeness (QED) is 0.493. The summed E-state index contributed by atoms with van der Waals surface area (Å²) in [5.41, 5.74) is 1.06. The summed E-state index contributed by atoms with van der Waals surface area (Å²) in [6.07, 6.45) is 0. The smallest absolute Gasteiger partial charge is 0.217 e. The molecule has 0 spiro atoms. The van der Waals surface area contributed by atoms with E-state index in [0.29, 0.717) is 11.4 Å². The molecular formula is C17H17N5S3. The number of para-hydroxylation sites is 1. The van der Waals surface area contributed by atoms with Crippen LogP contribution in [0.2, 0.25) is 0 Å². The van der Waals surface area contributed by atoms with Crippen molar-refractivity contribution >= 4 is 45.1 Å². The lowest BCUT2D eigenvalue weighted by Gasteiger charge is -2.22. The molecule has 8 heteroatoms. The van der Waals surface area contributed by atoms with Crippen LogP contribution in [0, 0.1) is 4.77 Å². The molecule has 0 aliphatic rings.